The highest BCUT2D eigenvalue weighted by molar-refractivity contribution is 5.76. The summed E-state index contributed by atoms with van der Waals surface area (Å²) in [5, 5.41) is 0. The molecule has 3 heteroatoms. The number of rotatable bonds is 7. The first-order valence-electron chi connectivity index (χ1n) is 7.68. The molecule has 0 atom stereocenters. The average molecular weight is 297 g/mol. The average Bonchev–Trinajstić information content (AvgIpc) is 2.55. The fourth-order valence-electron chi connectivity index (χ4n) is 2.31. The highest BCUT2D eigenvalue weighted by Crippen LogP contribution is 2.14. The fraction of sp³-hybridized carbons (Fsp3) is 0.316. The van der Waals surface area contributed by atoms with E-state index in [1.165, 1.54) is 5.56 Å². The molecule has 0 unspecified atom stereocenters. The first kappa shape index (κ1) is 16.1. The second-order valence-corrected chi connectivity index (χ2v) is 5.31. The Morgan fingerprint density at radius 2 is 1.68 bits per heavy atom. The minimum Gasteiger partial charge on any atom is -0.494 e. The fourth-order valence-corrected chi connectivity index (χ4v) is 2.31. The molecule has 0 saturated heterocycles. The summed E-state index contributed by atoms with van der Waals surface area (Å²) < 4.78 is 5.42. The number of benzene rings is 2. The molecule has 0 fully saturated rings. The Hall–Kier alpha value is -2.29. The molecule has 22 heavy (non-hydrogen) atoms. The van der Waals surface area contributed by atoms with Crippen molar-refractivity contribution in [1.82, 2.24) is 4.90 Å². The predicted octanol–water partition coefficient (Wildman–Crippen LogP) is 3.68. The molecule has 0 spiro atoms. The van der Waals surface area contributed by atoms with Gasteiger partial charge in [-0.15, -0.1) is 0 Å². The number of amides is 1. The van der Waals surface area contributed by atoms with Gasteiger partial charge in [0.2, 0.25) is 5.91 Å². The van der Waals surface area contributed by atoms with Crippen molar-refractivity contribution in [2.24, 2.45) is 0 Å². The number of nitrogens with zero attached hydrogens (tertiary/aromatic N) is 1. The Labute approximate surface area is 132 Å². The molecular formula is C19H23NO2. The molecule has 0 radical (unpaired) electrons. The van der Waals surface area contributed by atoms with E-state index in [0.29, 0.717) is 19.6 Å². The number of hydrogen-bond donors (Lipinski definition) is 0. The Morgan fingerprint density at radius 3 is 2.32 bits per heavy atom. The number of carbonyl (C=O) groups is 1. The van der Waals surface area contributed by atoms with Crippen LogP contribution in [0.5, 0.6) is 5.75 Å². The van der Waals surface area contributed by atoms with E-state index >= 15 is 0 Å². The third-order valence-electron chi connectivity index (χ3n) is 3.55. The van der Waals surface area contributed by atoms with Crippen LogP contribution in [-0.4, -0.2) is 24.5 Å². The van der Waals surface area contributed by atoms with Crippen LogP contribution in [0.2, 0.25) is 0 Å². The van der Waals surface area contributed by atoms with Gasteiger partial charge in [-0.3, -0.25) is 4.79 Å². The monoisotopic (exact) mass is 297 g/mol. The zero-order valence-corrected chi connectivity index (χ0v) is 13.3. The molecule has 0 aliphatic carbocycles. The van der Waals surface area contributed by atoms with Gasteiger partial charge in [-0.1, -0.05) is 42.5 Å². The smallest absolute Gasteiger partial charge is 0.222 e. The van der Waals surface area contributed by atoms with Gasteiger partial charge in [-0.2, -0.15) is 0 Å². The summed E-state index contributed by atoms with van der Waals surface area (Å²) in [5.74, 6) is 1.03. The number of carbonyl (C=O) groups excluding carboxylic acids is 1. The van der Waals surface area contributed by atoms with Crippen molar-refractivity contribution in [3.05, 3.63) is 65.7 Å². The summed E-state index contributed by atoms with van der Waals surface area (Å²) in [6, 6.07) is 18.0. The van der Waals surface area contributed by atoms with Crippen LogP contribution >= 0.6 is 0 Å². The minimum atomic E-state index is 0.165. The molecule has 2 aromatic carbocycles. The molecule has 0 aromatic heterocycles. The topological polar surface area (TPSA) is 29.5 Å². The van der Waals surface area contributed by atoms with Gasteiger partial charge >= 0.3 is 0 Å². The summed E-state index contributed by atoms with van der Waals surface area (Å²) in [6.07, 6.45) is 1.32. The quantitative estimate of drug-likeness (QED) is 0.780. The molecule has 0 aliphatic heterocycles. The predicted molar refractivity (Wildman–Crippen MR) is 88.8 cm³/mol. The van der Waals surface area contributed by atoms with Gasteiger partial charge in [0.1, 0.15) is 5.75 Å². The standard InChI is InChI=1S/C19H23NO2/c1-3-22-18-12-9-17(10-13-18)15-20(2)19(21)14-11-16-7-5-4-6-8-16/h4-10,12-13H,3,11,14-15H2,1-2H3. The van der Waals surface area contributed by atoms with E-state index in [-0.39, 0.29) is 5.91 Å². The molecule has 1 amide bonds. The van der Waals surface area contributed by atoms with Gasteiger partial charge in [0.25, 0.3) is 0 Å². The van der Waals surface area contributed by atoms with Gasteiger partial charge < -0.3 is 9.64 Å². The summed E-state index contributed by atoms with van der Waals surface area (Å²) in [6.45, 7) is 3.25. The largest absolute Gasteiger partial charge is 0.494 e. The molecule has 0 aliphatic rings. The normalized spacial score (nSPS) is 10.3. The Kier molecular flexibility index (Phi) is 6.01. The first-order valence-corrected chi connectivity index (χ1v) is 7.68. The Balaban J connectivity index is 1.83. The van der Waals surface area contributed by atoms with Gasteiger partial charge in [0.05, 0.1) is 6.61 Å². The highest BCUT2D eigenvalue weighted by atomic mass is 16.5. The van der Waals surface area contributed by atoms with E-state index in [2.05, 4.69) is 12.1 Å². The van der Waals surface area contributed by atoms with Gasteiger partial charge in [0.15, 0.2) is 0 Å². The summed E-state index contributed by atoms with van der Waals surface area (Å²) in [7, 11) is 1.85. The molecular weight excluding hydrogens is 274 g/mol. The van der Waals surface area contributed by atoms with Crippen molar-refractivity contribution in [2.75, 3.05) is 13.7 Å². The van der Waals surface area contributed by atoms with E-state index in [1.807, 2.05) is 56.4 Å². The van der Waals surface area contributed by atoms with E-state index in [0.717, 1.165) is 17.7 Å². The third kappa shape index (κ3) is 4.92. The van der Waals surface area contributed by atoms with Crippen molar-refractivity contribution in [3.63, 3.8) is 0 Å². The number of hydrogen-bond acceptors (Lipinski definition) is 2. The van der Waals surface area contributed by atoms with E-state index in [9.17, 15) is 4.79 Å². The third-order valence-corrected chi connectivity index (χ3v) is 3.55. The molecule has 116 valence electrons. The van der Waals surface area contributed by atoms with Crippen LogP contribution in [0.25, 0.3) is 0 Å². The number of ether oxygens (including phenoxy) is 1. The van der Waals surface area contributed by atoms with Crippen molar-refractivity contribution in [1.29, 1.82) is 0 Å². The lowest BCUT2D eigenvalue weighted by atomic mass is 10.1. The molecule has 0 bridgehead atoms. The first-order chi connectivity index (χ1) is 10.7. The zero-order valence-electron chi connectivity index (χ0n) is 13.3. The van der Waals surface area contributed by atoms with Crippen LogP contribution in [-0.2, 0) is 17.8 Å². The number of aryl methyl sites for hydroxylation is 1. The lowest BCUT2D eigenvalue weighted by Crippen LogP contribution is -2.26. The summed E-state index contributed by atoms with van der Waals surface area (Å²) in [4.78, 5) is 14.0. The van der Waals surface area contributed by atoms with Crippen LogP contribution in [0.1, 0.15) is 24.5 Å². The van der Waals surface area contributed by atoms with Crippen molar-refractivity contribution in [2.45, 2.75) is 26.3 Å². The molecule has 2 aromatic rings. The van der Waals surface area contributed by atoms with Gasteiger partial charge in [0, 0.05) is 20.0 Å². The maximum absolute atomic E-state index is 12.2. The van der Waals surface area contributed by atoms with Crippen molar-refractivity contribution < 1.29 is 9.53 Å². The minimum absolute atomic E-state index is 0.165. The van der Waals surface area contributed by atoms with Crippen LogP contribution < -0.4 is 4.74 Å². The second kappa shape index (κ2) is 8.23. The maximum atomic E-state index is 12.2. The summed E-state index contributed by atoms with van der Waals surface area (Å²) >= 11 is 0. The van der Waals surface area contributed by atoms with E-state index < -0.39 is 0 Å². The Bertz CT molecular complexity index is 578. The SMILES string of the molecule is CCOc1ccc(CN(C)C(=O)CCc2ccccc2)cc1. The van der Waals surface area contributed by atoms with Crippen LogP contribution in [0.4, 0.5) is 0 Å². The Morgan fingerprint density at radius 1 is 1.00 bits per heavy atom. The summed E-state index contributed by atoms with van der Waals surface area (Å²) in [5.41, 5.74) is 2.31. The molecule has 0 heterocycles. The maximum Gasteiger partial charge on any atom is 0.222 e. The van der Waals surface area contributed by atoms with E-state index in [4.69, 9.17) is 4.74 Å². The van der Waals surface area contributed by atoms with Crippen LogP contribution in [0.3, 0.4) is 0 Å². The molecule has 2 rings (SSSR count). The molecule has 0 N–H and O–H groups in total. The van der Waals surface area contributed by atoms with E-state index in [1.54, 1.807) is 4.90 Å². The molecule has 0 saturated carbocycles. The van der Waals surface area contributed by atoms with Gasteiger partial charge in [-0.25, -0.2) is 0 Å². The van der Waals surface area contributed by atoms with Crippen molar-refractivity contribution >= 4 is 5.91 Å². The van der Waals surface area contributed by atoms with Crippen molar-refractivity contribution in [3.8, 4) is 5.75 Å². The van der Waals surface area contributed by atoms with Crippen LogP contribution in [0.15, 0.2) is 54.6 Å². The lowest BCUT2D eigenvalue weighted by Gasteiger charge is -2.17. The van der Waals surface area contributed by atoms with Crippen LogP contribution in [0, 0.1) is 0 Å². The second-order valence-electron chi connectivity index (χ2n) is 5.31. The lowest BCUT2D eigenvalue weighted by molar-refractivity contribution is -0.130. The zero-order chi connectivity index (χ0) is 15.8. The molecule has 3 nitrogen and oxygen atoms in total. The highest BCUT2D eigenvalue weighted by Gasteiger charge is 2.09. The van der Waals surface area contributed by atoms with Gasteiger partial charge in [-0.05, 0) is 36.6 Å².